The molecular formula is C13H12N2OS. The second-order valence-corrected chi connectivity index (χ2v) is 4.61. The summed E-state index contributed by atoms with van der Waals surface area (Å²) in [5, 5.41) is 11.4. The van der Waals surface area contributed by atoms with Gasteiger partial charge >= 0.3 is 0 Å². The molecule has 0 bridgehead atoms. The Hall–Kier alpha value is -1.86. The van der Waals surface area contributed by atoms with Gasteiger partial charge in [0.1, 0.15) is 10.8 Å². The normalized spacial score (nSPS) is 9.94. The van der Waals surface area contributed by atoms with E-state index in [0.29, 0.717) is 6.42 Å². The molecule has 2 aromatic rings. The topological polar surface area (TPSA) is 45.9 Å². The molecule has 0 fully saturated rings. The standard InChI is InChI=1S/C13H12N2OS/c1-9-3-4-12(16-2)10(7-9)11-8-17-13(15-11)5-6-14/h3-4,7-8H,5H2,1-2H3. The van der Waals surface area contributed by atoms with Crippen LogP contribution >= 0.6 is 11.3 Å². The number of aryl methyl sites for hydroxylation is 1. The first-order chi connectivity index (χ1) is 8.24. The van der Waals surface area contributed by atoms with E-state index in [1.54, 1.807) is 7.11 Å². The fraction of sp³-hybridized carbons (Fsp3) is 0.231. The average Bonchev–Trinajstić information content (AvgIpc) is 2.78. The van der Waals surface area contributed by atoms with Gasteiger partial charge in [-0.05, 0) is 19.1 Å². The van der Waals surface area contributed by atoms with Crippen LogP contribution in [0.5, 0.6) is 5.75 Å². The van der Waals surface area contributed by atoms with Crippen molar-refractivity contribution in [2.75, 3.05) is 7.11 Å². The molecule has 0 aliphatic carbocycles. The lowest BCUT2D eigenvalue weighted by Crippen LogP contribution is -1.89. The summed E-state index contributed by atoms with van der Waals surface area (Å²) >= 11 is 1.50. The molecule has 0 spiro atoms. The Bertz CT molecular complexity index is 569. The molecule has 0 aliphatic rings. The van der Waals surface area contributed by atoms with Gasteiger partial charge in [-0.3, -0.25) is 0 Å². The van der Waals surface area contributed by atoms with E-state index in [2.05, 4.69) is 11.1 Å². The number of hydrogen-bond donors (Lipinski definition) is 0. The summed E-state index contributed by atoms with van der Waals surface area (Å²) in [7, 11) is 1.65. The lowest BCUT2D eigenvalue weighted by atomic mass is 10.1. The number of rotatable bonds is 3. The van der Waals surface area contributed by atoms with Gasteiger partial charge in [0.15, 0.2) is 0 Å². The molecule has 0 saturated carbocycles. The third-order valence-electron chi connectivity index (χ3n) is 2.41. The number of nitriles is 1. The van der Waals surface area contributed by atoms with Crippen molar-refractivity contribution in [2.24, 2.45) is 0 Å². The summed E-state index contributed by atoms with van der Waals surface area (Å²) < 4.78 is 5.32. The molecule has 4 heteroatoms. The molecule has 0 N–H and O–H groups in total. The van der Waals surface area contributed by atoms with E-state index in [1.807, 2.05) is 30.5 Å². The second-order valence-electron chi connectivity index (χ2n) is 3.67. The van der Waals surface area contributed by atoms with Crippen molar-refractivity contribution in [1.82, 2.24) is 4.98 Å². The summed E-state index contributed by atoms with van der Waals surface area (Å²) in [5.41, 5.74) is 3.02. The van der Waals surface area contributed by atoms with Gasteiger partial charge in [-0.25, -0.2) is 4.98 Å². The van der Waals surface area contributed by atoms with Gasteiger partial charge in [0.2, 0.25) is 0 Å². The quantitative estimate of drug-likeness (QED) is 0.833. The van der Waals surface area contributed by atoms with Crippen LogP contribution in [0.4, 0.5) is 0 Å². The van der Waals surface area contributed by atoms with Gasteiger partial charge < -0.3 is 4.74 Å². The highest BCUT2D eigenvalue weighted by atomic mass is 32.1. The van der Waals surface area contributed by atoms with Crippen molar-refractivity contribution in [2.45, 2.75) is 13.3 Å². The van der Waals surface area contributed by atoms with E-state index in [-0.39, 0.29) is 0 Å². The van der Waals surface area contributed by atoms with Crippen molar-refractivity contribution in [3.8, 4) is 23.1 Å². The summed E-state index contributed by atoms with van der Waals surface area (Å²) in [5.74, 6) is 0.810. The van der Waals surface area contributed by atoms with E-state index in [9.17, 15) is 0 Å². The lowest BCUT2D eigenvalue weighted by molar-refractivity contribution is 0.416. The van der Waals surface area contributed by atoms with Crippen LogP contribution in [0.15, 0.2) is 23.6 Å². The summed E-state index contributed by atoms with van der Waals surface area (Å²) in [4.78, 5) is 4.44. The molecule has 1 aromatic heterocycles. The molecule has 0 radical (unpaired) electrons. The molecule has 2 rings (SSSR count). The molecular weight excluding hydrogens is 232 g/mol. The third kappa shape index (κ3) is 2.45. The number of aromatic nitrogens is 1. The predicted octanol–water partition coefficient (Wildman–Crippen LogP) is 3.19. The Morgan fingerprint density at radius 2 is 2.29 bits per heavy atom. The Labute approximate surface area is 104 Å². The Morgan fingerprint density at radius 1 is 1.47 bits per heavy atom. The molecule has 86 valence electrons. The molecule has 1 heterocycles. The molecule has 0 unspecified atom stereocenters. The average molecular weight is 244 g/mol. The van der Waals surface area contributed by atoms with Gasteiger partial charge in [-0.1, -0.05) is 11.6 Å². The second kappa shape index (κ2) is 4.98. The SMILES string of the molecule is COc1ccc(C)cc1-c1csc(CC#N)n1. The number of ether oxygens (including phenoxy) is 1. The van der Waals surface area contributed by atoms with E-state index in [0.717, 1.165) is 27.6 Å². The van der Waals surface area contributed by atoms with Gasteiger partial charge in [0, 0.05) is 10.9 Å². The van der Waals surface area contributed by atoms with Crippen LogP contribution < -0.4 is 4.74 Å². The first-order valence-electron chi connectivity index (χ1n) is 5.21. The Kier molecular flexibility index (Phi) is 3.40. The van der Waals surface area contributed by atoms with Crippen molar-refractivity contribution in [1.29, 1.82) is 5.26 Å². The molecule has 0 amide bonds. The maximum atomic E-state index is 8.64. The molecule has 0 saturated heterocycles. The minimum absolute atomic E-state index is 0.360. The Balaban J connectivity index is 2.44. The van der Waals surface area contributed by atoms with E-state index < -0.39 is 0 Å². The van der Waals surface area contributed by atoms with Crippen LogP contribution in [0.25, 0.3) is 11.3 Å². The van der Waals surface area contributed by atoms with Crippen molar-refractivity contribution in [3.63, 3.8) is 0 Å². The highest BCUT2D eigenvalue weighted by molar-refractivity contribution is 7.10. The number of benzene rings is 1. The summed E-state index contributed by atoms with van der Waals surface area (Å²) in [6.07, 6.45) is 0.360. The smallest absolute Gasteiger partial charge is 0.128 e. The highest BCUT2D eigenvalue weighted by Gasteiger charge is 2.10. The van der Waals surface area contributed by atoms with Crippen LogP contribution in [0.3, 0.4) is 0 Å². The lowest BCUT2D eigenvalue weighted by Gasteiger charge is -2.06. The van der Waals surface area contributed by atoms with E-state index >= 15 is 0 Å². The van der Waals surface area contributed by atoms with Crippen LogP contribution in [0, 0.1) is 18.3 Å². The minimum Gasteiger partial charge on any atom is -0.496 e. The summed E-state index contributed by atoms with van der Waals surface area (Å²) in [6, 6.07) is 8.09. The van der Waals surface area contributed by atoms with Gasteiger partial charge in [0.05, 0.1) is 25.3 Å². The van der Waals surface area contributed by atoms with Crippen LogP contribution in [-0.2, 0) is 6.42 Å². The van der Waals surface area contributed by atoms with Crippen molar-refractivity contribution < 1.29 is 4.74 Å². The number of hydrogen-bond acceptors (Lipinski definition) is 4. The van der Waals surface area contributed by atoms with E-state index in [4.69, 9.17) is 10.00 Å². The zero-order valence-electron chi connectivity index (χ0n) is 9.73. The first-order valence-corrected chi connectivity index (χ1v) is 6.09. The maximum Gasteiger partial charge on any atom is 0.128 e. The van der Waals surface area contributed by atoms with Crippen molar-refractivity contribution in [3.05, 3.63) is 34.2 Å². The summed E-state index contributed by atoms with van der Waals surface area (Å²) in [6.45, 7) is 2.03. The van der Waals surface area contributed by atoms with E-state index in [1.165, 1.54) is 11.3 Å². The molecule has 17 heavy (non-hydrogen) atoms. The zero-order chi connectivity index (χ0) is 12.3. The molecule has 1 aromatic carbocycles. The molecule has 0 atom stereocenters. The van der Waals surface area contributed by atoms with Gasteiger partial charge in [0.25, 0.3) is 0 Å². The van der Waals surface area contributed by atoms with Crippen LogP contribution in [0.2, 0.25) is 0 Å². The number of methoxy groups -OCH3 is 1. The number of thiazole rings is 1. The van der Waals surface area contributed by atoms with Crippen molar-refractivity contribution >= 4 is 11.3 Å². The minimum atomic E-state index is 0.360. The maximum absolute atomic E-state index is 8.64. The molecule has 3 nitrogen and oxygen atoms in total. The van der Waals surface area contributed by atoms with Crippen LogP contribution in [0.1, 0.15) is 10.6 Å². The third-order valence-corrected chi connectivity index (χ3v) is 3.26. The van der Waals surface area contributed by atoms with Gasteiger partial charge in [-0.2, -0.15) is 5.26 Å². The fourth-order valence-electron chi connectivity index (χ4n) is 1.61. The van der Waals surface area contributed by atoms with Gasteiger partial charge in [-0.15, -0.1) is 11.3 Å². The molecule has 0 aliphatic heterocycles. The largest absolute Gasteiger partial charge is 0.496 e. The number of nitrogens with zero attached hydrogens (tertiary/aromatic N) is 2. The highest BCUT2D eigenvalue weighted by Crippen LogP contribution is 2.31. The zero-order valence-corrected chi connectivity index (χ0v) is 10.5. The predicted molar refractivity (Wildman–Crippen MR) is 68.2 cm³/mol. The fourth-order valence-corrected chi connectivity index (χ4v) is 2.33. The first kappa shape index (κ1) is 11.6. The monoisotopic (exact) mass is 244 g/mol. The van der Waals surface area contributed by atoms with Crippen LogP contribution in [-0.4, -0.2) is 12.1 Å². The Morgan fingerprint density at radius 3 is 3.00 bits per heavy atom.